The zero-order valence-corrected chi connectivity index (χ0v) is 23.1. The van der Waals surface area contributed by atoms with E-state index in [2.05, 4.69) is 23.8 Å². The Balaban J connectivity index is 1.21. The number of aromatic nitrogens is 2. The highest BCUT2D eigenvalue weighted by atomic mass is 35.5. The van der Waals surface area contributed by atoms with Gasteiger partial charge in [-0.05, 0) is 35.4 Å². The van der Waals surface area contributed by atoms with Crippen molar-refractivity contribution in [1.82, 2.24) is 19.8 Å². The van der Waals surface area contributed by atoms with Crippen LogP contribution in [-0.4, -0.2) is 57.8 Å². The van der Waals surface area contributed by atoms with Crippen LogP contribution in [0.4, 0.5) is 0 Å². The van der Waals surface area contributed by atoms with Crippen LogP contribution in [-0.2, 0) is 11.2 Å². The van der Waals surface area contributed by atoms with Gasteiger partial charge >= 0.3 is 0 Å². The summed E-state index contributed by atoms with van der Waals surface area (Å²) in [5, 5.41) is 1.01. The molecule has 6 rings (SSSR count). The first-order valence-electron chi connectivity index (χ1n) is 12.5. The van der Waals surface area contributed by atoms with Gasteiger partial charge in [-0.15, -0.1) is 11.3 Å². The van der Waals surface area contributed by atoms with E-state index in [0.717, 1.165) is 17.7 Å². The van der Waals surface area contributed by atoms with Crippen LogP contribution in [0.15, 0.2) is 40.5 Å². The molecule has 1 aliphatic carbocycles. The quantitative estimate of drug-likeness (QED) is 0.397. The lowest BCUT2D eigenvalue weighted by Gasteiger charge is -2.50. The molecule has 0 bridgehead atoms. The van der Waals surface area contributed by atoms with Gasteiger partial charge in [-0.3, -0.25) is 14.6 Å². The van der Waals surface area contributed by atoms with Crippen molar-refractivity contribution in [2.45, 2.75) is 39.0 Å². The second-order valence-electron chi connectivity index (χ2n) is 11.4. The Bertz CT molecular complexity index is 1350. The highest BCUT2D eigenvalue weighted by Crippen LogP contribution is 2.55. The van der Waals surface area contributed by atoms with Crippen molar-refractivity contribution in [3.63, 3.8) is 0 Å². The molecule has 2 amide bonds. The van der Waals surface area contributed by atoms with Crippen LogP contribution in [0.1, 0.15) is 59.5 Å². The number of likely N-dealkylation sites (tertiary alicyclic amines) is 2. The van der Waals surface area contributed by atoms with Crippen LogP contribution in [0.3, 0.4) is 0 Å². The van der Waals surface area contributed by atoms with Crippen molar-refractivity contribution in [3.05, 3.63) is 68.2 Å². The van der Waals surface area contributed by atoms with E-state index in [4.69, 9.17) is 27.6 Å². The number of oxazole rings is 1. The molecule has 4 heterocycles. The Hall–Kier alpha value is -2.42. The third kappa shape index (κ3) is 4.68. The van der Waals surface area contributed by atoms with Crippen molar-refractivity contribution >= 4 is 46.4 Å². The Morgan fingerprint density at radius 3 is 2.57 bits per heavy atom. The molecule has 0 radical (unpaired) electrons. The molecule has 1 saturated carbocycles. The summed E-state index contributed by atoms with van der Waals surface area (Å²) in [7, 11) is 0. The molecule has 2 aromatic heterocycles. The van der Waals surface area contributed by atoms with E-state index in [1.54, 1.807) is 24.0 Å². The van der Waals surface area contributed by atoms with E-state index in [-0.39, 0.29) is 28.6 Å². The molecule has 3 aliphatic rings. The second kappa shape index (κ2) is 9.10. The first-order valence-corrected chi connectivity index (χ1v) is 14.1. The average molecular weight is 560 g/mol. The van der Waals surface area contributed by atoms with Gasteiger partial charge in [0.15, 0.2) is 5.89 Å². The summed E-state index contributed by atoms with van der Waals surface area (Å²) in [5.74, 6) is 1.89. The number of benzene rings is 1. The molecule has 0 N–H and O–H groups in total. The van der Waals surface area contributed by atoms with Gasteiger partial charge in [0.1, 0.15) is 10.6 Å². The van der Waals surface area contributed by atoms with Crippen LogP contribution in [0.5, 0.6) is 0 Å². The Morgan fingerprint density at radius 1 is 1.14 bits per heavy atom. The van der Waals surface area contributed by atoms with Crippen molar-refractivity contribution in [2.24, 2.45) is 16.7 Å². The monoisotopic (exact) mass is 558 g/mol. The van der Waals surface area contributed by atoms with Crippen molar-refractivity contribution in [2.75, 3.05) is 26.2 Å². The molecule has 2 saturated heterocycles. The molecule has 1 unspecified atom stereocenters. The smallest absolute Gasteiger partial charge is 0.265 e. The van der Waals surface area contributed by atoms with Gasteiger partial charge in [-0.25, -0.2) is 4.98 Å². The molecule has 1 aromatic carbocycles. The zero-order valence-electron chi connectivity index (χ0n) is 20.7. The lowest BCUT2D eigenvalue weighted by molar-refractivity contribution is -0.144. The van der Waals surface area contributed by atoms with Gasteiger partial charge in [0.25, 0.3) is 5.91 Å². The normalized spacial score (nSPS) is 23.4. The van der Waals surface area contributed by atoms with Crippen LogP contribution >= 0.6 is 34.5 Å². The molecule has 3 fully saturated rings. The van der Waals surface area contributed by atoms with E-state index in [1.807, 2.05) is 21.9 Å². The Morgan fingerprint density at radius 2 is 1.89 bits per heavy atom. The number of thiazole rings is 1. The van der Waals surface area contributed by atoms with Crippen molar-refractivity contribution in [3.8, 4) is 0 Å². The number of halogens is 2. The lowest BCUT2D eigenvalue weighted by atomic mass is 9.71. The highest BCUT2D eigenvalue weighted by molar-refractivity contribution is 7.11. The minimum absolute atomic E-state index is 0.0310. The fourth-order valence-electron chi connectivity index (χ4n) is 5.83. The summed E-state index contributed by atoms with van der Waals surface area (Å²) in [5.41, 5.74) is 2.65. The van der Waals surface area contributed by atoms with Crippen LogP contribution in [0, 0.1) is 16.7 Å². The largest absolute Gasteiger partial charge is 0.445 e. The number of rotatable bonds is 6. The molecule has 194 valence electrons. The van der Waals surface area contributed by atoms with Crippen LogP contribution < -0.4 is 0 Å². The summed E-state index contributed by atoms with van der Waals surface area (Å²) in [6.07, 6.45) is 5.60. The first-order chi connectivity index (χ1) is 17.6. The maximum absolute atomic E-state index is 13.2. The zero-order chi connectivity index (χ0) is 25.9. The molecule has 2 aliphatic heterocycles. The fourth-order valence-corrected chi connectivity index (χ4v) is 6.74. The number of hydrogen-bond donors (Lipinski definition) is 0. The summed E-state index contributed by atoms with van der Waals surface area (Å²) >= 11 is 13.6. The molecular weight excluding hydrogens is 531 g/mol. The molecule has 3 aromatic rings. The van der Waals surface area contributed by atoms with E-state index in [1.165, 1.54) is 11.3 Å². The molecular formula is C27H28Cl2N4O3S. The standard InChI is InChI=1S/C27H28Cl2N4O3S/c1-26(2)8-17(26)7-23(34)33-13-27(14-33)12-32(25(35)22-10-30-15-37-22)11-19(27)24-31-9-18(36-24)5-16-3-4-20(28)21(29)6-16/h3-4,6,9-10,15,17,19H,5,7-8,11-14H2,1-2H3/t17-,19?/m0/s1. The van der Waals surface area contributed by atoms with E-state index >= 15 is 0 Å². The third-order valence-electron chi connectivity index (χ3n) is 8.31. The Labute approximate surface area is 229 Å². The number of carbonyl (C=O) groups excluding carboxylic acids is 2. The van der Waals surface area contributed by atoms with Gasteiger partial charge in [0.2, 0.25) is 5.91 Å². The highest BCUT2D eigenvalue weighted by Gasteiger charge is 2.59. The molecule has 10 heteroatoms. The maximum atomic E-state index is 13.2. The Kier molecular flexibility index (Phi) is 6.12. The number of amides is 2. The van der Waals surface area contributed by atoms with Crippen LogP contribution in [0.2, 0.25) is 10.0 Å². The number of nitrogens with zero attached hydrogens (tertiary/aromatic N) is 4. The van der Waals surface area contributed by atoms with E-state index < -0.39 is 0 Å². The van der Waals surface area contributed by atoms with Gasteiger partial charge < -0.3 is 14.2 Å². The molecule has 37 heavy (non-hydrogen) atoms. The van der Waals surface area contributed by atoms with Crippen LogP contribution in [0.25, 0.3) is 0 Å². The van der Waals surface area contributed by atoms with Gasteiger partial charge in [0.05, 0.1) is 33.9 Å². The number of carbonyl (C=O) groups is 2. The SMILES string of the molecule is CC1(C)C[C@@H]1CC(=O)N1CC2(C1)CN(C(=O)c1cncs1)CC2c1ncc(Cc2ccc(Cl)c(Cl)c2)o1. The summed E-state index contributed by atoms with van der Waals surface area (Å²) in [4.78, 5) is 39.3. The topological polar surface area (TPSA) is 79.5 Å². The predicted molar refractivity (Wildman–Crippen MR) is 142 cm³/mol. The van der Waals surface area contributed by atoms with Gasteiger partial charge in [0, 0.05) is 44.4 Å². The van der Waals surface area contributed by atoms with E-state index in [0.29, 0.717) is 65.8 Å². The second-order valence-corrected chi connectivity index (χ2v) is 13.1. The van der Waals surface area contributed by atoms with Crippen molar-refractivity contribution < 1.29 is 14.0 Å². The maximum Gasteiger partial charge on any atom is 0.265 e. The van der Waals surface area contributed by atoms with Gasteiger partial charge in [-0.2, -0.15) is 0 Å². The predicted octanol–water partition coefficient (Wildman–Crippen LogP) is 5.53. The third-order valence-corrected chi connectivity index (χ3v) is 9.81. The average Bonchev–Trinajstić information content (AvgIpc) is 3.37. The minimum atomic E-state index is -0.263. The minimum Gasteiger partial charge on any atom is -0.445 e. The molecule has 7 nitrogen and oxygen atoms in total. The molecule has 2 atom stereocenters. The summed E-state index contributed by atoms with van der Waals surface area (Å²) in [6.45, 7) is 6.73. The first kappa shape index (κ1) is 24.9. The molecule has 1 spiro atoms. The summed E-state index contributed by atoms with van der Waals surface area (Å²) in [6, 6.07) is 5.52. The fraction of sp³-hybridized carbons (Fsp3) is 0.481. The van der Waals surface area contributed by atoms with Crippen molar-refractivity contribution in [1.29, 1.82) is 0 Å². The lowest BCUT2D eigenvalue weighted by Crippen LogP contribution is -2.61. The number of hydrogen-bond acceptors (Lipinski definition) is 6. The summed E-state index contributed by atoms with van der Waals surface area (Å²) < 4.78 is 6.25. The van der Waals surface area contributed by atoms with Gasteiger partial charge in [-0.1, -0.05) is 43.1 Å². The van der Waals surface area contributed by atoms with E-state index in [9.17, 15) is 9.59 Å².